The third-order valence-corrected chi connectivity index (χ3v) is 12.7. The van der Waals surface area contributed by atoms with Crippen molar-refractivity contribution in [3.8, 4) is 0 Å². The molecule has 2 aliphatic rings. The Balaban J connectivity index is 2.14. The molecule has 1 aliphatic carbocycles. The number of aliphatic hydroxyl groups is 7. The normalized spacial score (nSPS) is 31.2. The Morgan fingerprint density at radius 2 is 1.35 bits per heavy atom. The van der Waals surface area contributed by atoms with Crippen molar-refractivity contribution in [2.45, 2.75) is 204 Å². The predicted octanol–water partition coefficient (Wildman–Crippen LogP) is 6.31. The van der Waals surface area contributed by atoms with Crippen LogP contribution in [0.2, 0.25) is 0 Å². The molecule has 2 rings (SSSR count). The first-order chi connectivity index (χ1) is 31.6. The van der Waals surface area contributed by atoms with Gasteiger partial charge in [-0.25, -0.2) is 4.57 Å². The van der Waals surface area contributed by atoms with E-state index < -0.39 is 112 Å². The molecule has 17 heteroatoms. The number of phosphoric ester groups is 1. The van der Waals surface area contributed by atoms with Gasteiger partial charge in [0.2, 0.25) is 0 Å². The molecular formula is C49H81O16P. The van der Waals surface area contributed by atoms with E-state index in [9.17, 15) is 59.6 Å². The maximum atomic E-state index is 13.7. The molecule has 2 bridgehead atoms. The SMILES string of the molecule is CCCCC/C=C\C/C=C\C/C=C\C/C=C\CCCC(=O)OC[C@@H]1COP(=O)(O)O[C@H]2[C@H](O)[C@@H](O)[C@H](O)[C@@H](CCCCCCC(=O)O1)[C@@H](O)CC(=O)[C@H](/C=C/[C@@H](O)CCCCC)[C@@H](O)[C@H]2O. The zero-order valence-electron chi connectivity index (χ0n) is 39.2. The Morgan fingerprint density at radius 3 is 2.00 bits per heavy atom. The molecule has 0 aromatic heterocycles. The van der Waals surface area contributed by atoms with Crippen LogP contribution >= 0.6 is 7.82 Å². The molecular weight excluding hydrogens is 875 g/mol. The lowest BCUT2D eigenvalue weighted by Crippen LogP contribution is -2.55. The van der Waals surface area contributed by atoms with Crippen LogP contribution in [0.3, 0.4) is 0 Å². The van der Waals surface area contributed by atoms with E-state index in [1.165, 1.54) is 25.3 Å². The average Bonchev–Trinajstić information content (AvgIpc) is 3.28. The predicted molar refractivity (Wildman–Crippen MR) is 250 cm³/mol. The molecule has 66 heavy (non-hydrogen) atoms. The second kappa shape index (κ2) is 34.4. The highest BCUT2D eigenvalue weighted by Crippen LogP contribution is 2.47. The third-order valence-electron chi connectivity index (χ3n) is 11.7. The van der Waals surface area contributed by atoms with E-state index in [0.29, 0.717) is 51.4 Å². The summed E-state index contributed by atoms with van der Waals surface area (Å²) in [7, 11) is -5.46. The molecule has 0 radical (unpaired) electrons. The van der Waals surface area contributed by atoms with Crippen LogP contribution in [-0.4, -0.2) is 127 Å². The van der Waals surface area contributed by atoms with Gasteiger partial charge in [-0.05, 0) is 64.2 Å². The number of fused-ring (bicyclic) bond motifs is 4. The number of carbonyl (C=O) groups is 3. The molecule has 0 amide bonds. The number of unbranched alkanes of at least 4 members (excludes halogenated alkanes) is 6. The van der Waals surface area contributed by atoms with E-state index in [0.717, 1.165) is 44.6 Å². The number of allylic oxidation sites excluding steroid dienone is 8. The molecule has 1 heterocycles. The van der Waals surface area contributed by atoms with Crippen LogP contribution in [0, 0.1) is 11.8 Å². The lowest BCUT2D eigenvalue weighted by atomic mass is 9.82. The first kappa shape index (κ1) is 59.3. The Labute approximate surface area is 392 Å². The van der Waals surface area contributed by atoms with Crippen molar-refractivity contribution in [1.29, 1.82) is 0 Å². The number of ether oxygens (including phenoxy) is 2. The summed E-state index contributed by atoms with van der Waals surface area (Å²) in [6.07, 6.45) is 13.6. The van der Waals surface area contributed by atoms with Crippen molar-refractivity contribution in [1.82, 2.24) is 0 Å². The molecule has 0 aromatic carbocycles. The van der Waals surface area contributed by atoms with Crippen LogP contribution < -0.4 is 0 Å². The number of aliphatic hydroxyl groups excluding tert-OH is 7. The first-order valence-electron chi connectivity index (χ1n) is 24.2. The van der Waals surface area contributed by atoms with Crippen molar-refractivity contribution in [3.63, 3.8) is 0 Å². The lowest BCUT2D eigenvalue weighted by molar-refractivity contribution is -0.167. The van der Waals surface area contributed by atoms with Gasteiger partial charge < -0.3 is 50.1 Å². The average molecular weight is 957 g/mol. The third kappa shape index (κ3) is 24.4. The Kier molecular flexibility index (Phi) is 30.9. The molecule has 16 nitrogen and oxygen atoms in total. The minimum atomic E-state index is -5.46. The molecule has 0 aromatic rings. The highest BCUT2D eigenvalue weighted by Gasteiger charge is 2.49. The lowest BCUT2D eigenvalue weighted by Gasteiger charge is -2.37. The van der Waals surface area contributed by atoms with Crippen LogP contribution in [0.5, 0.6) is 0 Å². The van der Waals surface area contributed by atoms with E-state index in [2.05, 4.69) is 43.4 Å². The summed E-state index contributed by atoms with van der Waals surface area (Å²) in [4.78, 5) is 50.1. The molecule has 0 spiro atoms. The molecule has 2 fully saturated rings. The Bertz CT molecular complexity index is 1560. The smallest absolute Gasteiger partial charge is 0.462 e. The van der Waals surface area contributed by atoms with Gasteiger partial charge in [-0.3, -0.25) is 23.4 Å². The fraction of sp³-hybridized carbons (Fsp3) is 0.735. The number of carbonyl (C=O) groups excluding carboxylic acids is 3. The van der Waals surface area contributed by atoms with Gasteiger partial charge in [-0.15, -0.1) is 0 Å². The number of Topliss-reactive ketones (excluding diaryl/α,β-unsaturated/α-hetero) is 1. The summed E-state index contributed by atoms with van der Waals surface area (Å²) < 4.78 is 34.6. The fourth-order valence-corrected chi connectivity index (χ4v) is 8.71. The molecule has 8 N–H and O–H groups in total. The maximum Gasteiger partial charge on any atom is 0.472 e. The molecule has 1 aliphatic heterocycles. The van der Waals surface area contributed by atoms with Crippen molar-refractivity contribution in [3.05, 3.63) is 60.8 Å². The van der Waals surface area contributed by atoms with Gasteiger partial charge in [0, 0.05) is 25.2 Å². The van der Waals surface area contributed by atoms with Crippen LogP contribution in [0.15, 0.2) is 60.8 Å². The minimum Gasteiger partial charge on any atom is -0.462 e. The quantitative estimate of drug-likeness (QED) is 0.0256. The topological polar surface area (TPSA) is 267 Å². The number of cyclic esters (lactones) is 1. The van der Waals surface area contributed by atoms with Crippen molar-refractivity contribution >= 4 is 25.5 Å². The van der Waals surface area contributed by atoms with Gasteiger partial charge in [0.25, 0.3) is 0 Å². The largest absolute Gasteiger partial charge is 0.472 e. The molecule has 1 saturated heterocycles. The van der Waals surface area contributed by atoms with Gasteiger partial charge in [0.1, 0.15) is 36.8 Å². The zero-order chi connectivity index (χ0) is 48.7. The highest BCUT2D eigenvalue weighted by atomic mass is 31.2. The van der Waals surface area contributed by atoms with E-state index in [1.54, 1.807) is 0 Å². The van der Waals surface area contributed by atoms with E-state index >= 15 is 0 Å². The second-order valence-electron chi connectivity index (χ2n) is 17.4. The summed E-state index contributed by atoms with van der Waals surface area (Å²) in [5.74, 6) is -5.05. The summed E-state index contributed by atoms with van der Waals surface area (Å²) in [6.45, 7) is 2.74. The Morgan fingerprint density at radius 1 is 0.758 bits per heavy atom. The summed E-state index contributed by atoms with van der Waals surface area (Å²) in [6, 6.07) is 0. The highest BCUT2D eigenvalue weighted by molar-refractivity contribution is 7.47. The molecule has 12 atom stereocenters. The van der Waals surface area contributed by atoms with E-state index in [4.69, 9.17) is 18.5 Å². The van der Waals surface area contributed by atoms with Gasteiger partial charge in [0.15, 0.2) is 6.10 Å². The summed E-state index contributed by atoms with van der Waals surface area (Å²) >= 11 is 0. The van der Waals surface area contributed by atoms with E-state index in [1.807, 2.05) is 19.1 Å². The molecule has 378 valence electrons. The van der Waals surface area contributed by atoms with E-state index in [-0.39, 0.29) is 19.3 Å². The molecule has 1 unspecified atom stereocenters. The van der Waals surface area contributed by atoms with Gasteiger partial charge in [-0.2, -0.15) is 0 Å². The van der Waals surface area contributed by atoms with Crippen molar-refractivity contribution in [2.24, 2.45) is 11.8 Å². The number of hydrogen-bond acceptors (Lipinski definition) is 15. The number of ketones is 1. The van der Waals surface area contributed by atoms with Crippen molar-refractivity contribution < 1.29 is 78.1 Å². The first-order valence-corrected chi connectivity index (χ1v) is 25.7. The zero-order valence-corrected chi connectivity index (χ0v) is 40.1. The minimum absolute atomic E-state index is 0.0235. The number of phosphoric acid groups is 1. The fourth-order valence-electron chi connectivity index (χ4n) is 7.74. The number of hydrogen-bond donors (Lipinski definition) is 8. The maximum absolute atomic E-state index is 13.7. The van der Waals surface area contributed by atoms with Crippen LogP contribution in [0.4, 0.5) is 0 Å². The standard InChI is InChI=1S/C49H81O16P/c1-3-5-7-8-9-10-11-12-13-14-15-16-17-18-19-20-25-29-42(53)62-34-37-35-63-66(60,61)65-49-47(58)45(56)39(32-31-36(50)27-23-6-4-2)41(52)33-40(51)38(44(55)46(57)48(49)59)28-24-21-22-26-30-43(54)64-37/h9-10,12-13,15-16,18-19,31-32,36-40,44-51,55-59H,3-8,11,14,17,20-30,33-35H2,1-2H3,(H,60,61)/b10-9-,13-12-,16-15-,19-18-,32-31+/t36-,37+,38-,39-,40-,44+,45+,46-,47+,48+,49+/m0/s1. The van der Waals surface area contributed by atoms with Crippen LogP contribution in [0.25, 0.3) is 0 Å². The van der Waals surface area contributed by atoms with Gasteiger partial charge >= 0.3 is 19.8 Å². The summed E-state index contributed by atoms with van der Waals surface area (Å²) in [5, 5.41) is 78.4. The second-order valence-corrected chi connectivity index (χ2v) is 18.8. The Hall–Kier alpha value is -2.86. The molecule has 1 saturated carbocycles. The monoisotopic (exact) mass is 957 g/mol. The van der Waals surface area contributed by atoms with Crippen molar-refractivity contribution in [2.75, 3.05) is 13.2 Å². The summed E-state index contributed by atoms with van der Waals surface area (Å²) in [5.41, 5.74) is 0. The number of rotatable bonds is 22. The van der Waals surface area contributed by atoms with Gasteiger partial charge in [0.05, 0.1) is 36.9 Å². The van der Waals surface area contributed by atoms with Crippen LogP contribution in [-0.2, 0) is 37.5 Å². The van der Waals surface area contributed by atoms with Gasteiger partial charge in [-0.1, -0.05) is 126 Å². The van der Waals surface area contributed by atoms with Crippen LogP contribution in [0.1, 0.15) is 149 Å². The number of esters is 2.